The Bertz CT molecular complexity index is 440. The van der Waals surface area contributed by atoms with Crippen LogP contribution in [0.2, 0.25) is 0 Å². The quantitative estimate of drug-likeness (QED) is 0.729. The second-order valence-corrected chi connectivity index (χ2v) is 3.35. The van der Waals surface area contributed by atoms with Gasteiger partial charge in [0, 0.05) is 0 Å². The number of aromatic nitrogens is 1. The fraction of sp³-hybridized carbons (Fsp3) is 0.273. The van der Waals surface area contributed by atoms with Crippen LogP contribution in [0.15, 0.2) is 28.7 Å². The number of hydrogen-bond acceptors (Lipinski definition) is 3. The summed E-state index contributed by atoms with van der Waals surface area (Å²) < 4.78 is 5.46. The first-order valence-corrected chi connectivity index (χ1v) is 4.54. The third kappa shape index (κ3) is 1.41. The van der Waals surface area contributed by atoms with E-state index in [0.717, 1.165) is 11.1 Å². The Morgan fingerprint density at radius 2 is 2.14 bits per heavy atom. The molecule has 0 saturated heterocycles. The van der Waals surface area contributed by atoms with Crippen LogP contribution in [0.3, 0.4) is 0 Å². The molecule has 0 fully saturated rings. The van der Waals surface area contributed by atoms with Gasteiger partial charge in [0.15, 0.2) is 5.58 Å². The number of benzene rings is 1. The molecule has 1 atom stereocenters. The average molecular weight is 189 g/mol. The van der Waals surface area contributed by atoms with Crippen LogP contribution in [0, 0.1) is 0 Å². The molecule has 1 aromatic carbocycles. The van der Waals surface area contributed by atoms with Crippen LogP contribution in [0.4, 0.5) is 0 Å². The number of carbonyl (C=O) groups is 1. The Hall–Kier alpha value is -1.64. The van der Waals surface area contributed by atoms with E-state index in [1.165, 1.54) is 0 Å². The first-order chi connectivity index (χ1) is 6.68. The van der Waals surface area contributed by atoms with Gasteiger partial charge in [0.2, 0.25) is 5.89 Å². The SMILES string of the molecule is CC(=O)C(C)c1nc2ccccc2o1. The molecule has 2 rings (SSSR count). The van der Waals surface area contributed by atoms with Crippen molar-refractivity contribution in [3.63, 3.8) is 0 Å². The highest BCUT2D eigenvalue weighted by Gasteiger charge is 2.16. The largest absolute Gasteiger partial charge is 0.440 e. The van der Waals surface area contributed by atoms with Gasteiger partial charge in [-0.05, 0) is 26.0 Å². The van der Waals surface area contributed by atoms with E-state index < -0.39 is 0 Å². The number of para-hydroxylation sites is 2. The second-order valence-electron chi connectivity index (χ2n) is 3.35. The van der Waals surface area contributed by atoms with Gasteiger partial charge in [-0.25, -0.2) is 4.98 Å². The highest BCUT2D eigenvalue weighted by atomic mass is 16.3. The molecule has 0 aliphatic carbocycles. The zero-order valence-electron chi connectivity index (χ0n) is 8.15. The minimum Gasteiger partial charge on any atom is -0.440 e. The van der Waals surface area contributed by atoms with E-state index in [2.05, 4.69) is 4.98 Å². The van der Waals surface area contributed by atoms with Gasteiger partial charge in [-0.3, -0.25) is 4.79 Å². The van der Waals surface area contributed by atoms with Gasteiger partial charge in [-0.1, -0.05) is 12.1 Å². The maximum atomic E-state index is 11.1. The van der Waals surface area contributed by atoms with Crippen molar-refractivity contribution in [1.29, 1.82) is 0 Å². The summed E-state index contributed by atoms with van der Waals surface area (Å²) in [4.78, 5) is 15.4. The predicted octanol–water partition coefficient (Wildman–Crippen LogP) is 2.52. The van der Waals surface area contributed by atoms with E-state index in [9.17, 15) is 4.79 Å². The molecule has 3 heteroatoms. The number of oxazole rings is 1. The topological polar surface area (TPSA) is 43.1 Å². The van der Waals surface area contributed by atoms with E-state index in [1.807, 2.05) is 24.3 Å². The molecule has 72 valence electrons. The van der Waals surface area contributed by atoms with Gasteiger partial charge in [0.1, 0.15) is 11.3 Å². The summed E-state index contributed by atoms with van der Waals surface area (Å²) in [5, 5.41) is 0. The summed E-state index contributed by atoms with van der Waals surface area (Å²) >= 11 is 0. The number of ketones is 1. The maximum Gasteiger partial charge on any atom is 0.205 e. The number of carbonyl (C=O) groups excluding carboxylic acids is 1. The summed E-state index contributed by atoms with van der Waals surface area (Å²) in [6, 6.07) is 7.50. The summed E-state index contributed by atoms with van der Waals surface area (Å²) in [7, 11) is 0. The molecule has 2 aromatic rings. The molecule has 1 unspecified atom stereocenters. The molecule has 1 heterocycles. The Kier molecular flexibility index (Phi) is 2.08. The van der Waals surface area contributed by atoms with Crippen molar-refractivity contribution in [2.45, 2.75) is 19.8 Å². The molecule has 14 heavy (non-hydrogen) atoms. The normalized spacial score (nSPS) is 13.0. The van der Waals surface area contributed by atoms with E-state index in [4.69, 9.17) is 4.42 Å². The van der Waals surface area contributed by atoms with Crippen LogP contribution in [-0.2, 0) is 4.79 Å². The lowest BCUT2D eigenvalue weighted by Crippen LogP contribution is -2.03. The number of rotatable bonds is 2. The smallest absolute Gasteiger partial charge is 0.205 e. The van der Waals surface area contributed by atoms with Gasteiger partial charge < -0.3 is 4.42 Å². The molecule has 0 aliphatic heterocycles. The molecular formula is C11H11NO2. The molecule has 3 nitrogen and oxygen atoms in total. The van der Waals surface area contributed by atoms with Gasteiger partial charge >= 0.3 is 0 Å². The van der Waals surface area contributed by atoms with Crippen LogP contribution >= 0.6 is 0 Å². The van der Waals surface area contributed by atoms with Gasteiger partial charge in [-0.15, -0.1) is 0 Å². The fourth-order valence-electron chi connectivity index (χ4n) is 1.25. The van der Waals surface area contributed by atoms with Crippen LogP contribution in [-0.4, -0.2) is 10.8 Å². The zero-order chi connectivity index (χ0) is 10.1. The third-order valence-corrected chi connectivity index (χ3v) is 2.29. The van der Waals surface area contributed by atoms with E-state index in [1.54, 1.807) is 13.8 Å². The molecule has 0 bridgehead atoms. The molecule has 0 spiro atoms. The highest BCUT2D eigenvalue weighted by Crippen LogP contribution is 2.21. The van der Waals surface area contributed by atoms with Crippen molar-refractivity contribution in [1.82, 2.24) is 4.98 Å². The number of fused-ring (bicyclic) bond motifs is 1. The van der Waals surface area contributed by atoms with E-state index in [0.29, 0.717) is 5.89 Å². The molecule has 1 aromatic heterocycles. The van der Waals surface area contributed by atoms with Crippen molar-refractivity contribution in [2.24, 2.45) is 0 Å². The summed E-state index contributed by atoms with van der Waals surface area (Å²) in [6.45, 7) is 3.34. The maximum absolute atomic E-state index is 11.1. The summed E-state index contributed by atoms with van der Waals surface area (Å²) in [6.07, 6.45) is 0. The first-order valence-electron chi connectivity index (χ1n) is 4.54. The number of nitrogens with zero attached hydrogens (tertiary/aromatic N) is 1. The Morgan fingerprint density at radius 1 is 1.43 bits per heavy atom. The number of hydrogen-bond donors (Lipinski definition) is 0. The Balaban J connectivity index is 2.50. The lowest BCUT2D eigenvalue weighted by Gasteiger charge is -1.99. The standard InChI is InChI=1S/C11H11NO2/c1-7(8(2)13)11-12-9-5-3-4-6-10(9)14-11/h3-7H,1-2H3. The summed E-state index contributed by atoms with van der Waals surface area (Å²) in [5.74, 6) is 0.303. The van der Waals surface area contributed by atoms with Crippen molar-refractivity contribution in [3.05, 3.63) is 30.2 Å². The monoisotopic (exact) mass is 189 g/mol. The molecule has 0 N–H and O–H groups in total. The first kappa shape index (κ1) is 8.94. The van der Waals surface area contributed by atoms with E-state index >= 15 is 0 Å². The predicted molar refractivity (Wildman–Crippen MR) is 53.1 cm³/mol. The number of Topliss-reactive ketones (excluding diaryl/α,β-unsaturated/α-hetero) is 1. The molecular weight excluding hydrogens is 178 g/mol. The molecule has 0 radical (unpaired) electrons. The van der Waals surface area contributed by atoms with Crippen LogP contribution in [0.5, 0.6) is 0 Å². The van der Waals surface area contributed by atoms with Crippen LogP contribution in [0.25, 0.3) is 11.1 Å². The molecule has 0 amide bonds. The van der Waals surface area contributed by atoms with Gasteiger partial charge in [-0.2, -0.15) is 0 Å². The summed E-state index contributed by atoms with van der Waals surface area (Å²) in [5.41, 5.74) is 1.53. The van der Waals surface area contributed by atoms with Crippen LogP contribution in [0.1, 0.15) is 25.7 Å². The van der Waals surface area contributed by atoms with Crippen molar-refractivity contribution < 1.29 is 9.21 Å². The minimum absolute atomic E-state index is 0.0663. The second kappa shape index (κ2) is 3.25. The third-order valence-electron chi connectivity index (χ3n) is 2.29. The van der Waals surface area contributed by atoms with Crippen molar-refractivity contribution in [2.75, 3.05) is 0 Å². The molecule has 0 saturated carbocycles. The van der Waals surface area contributed by atoms with Crippen LogP contribution < -0.4 is 0 Å². The van der Waals surface area contributed by atoms with Gasteiger partial charge in [0.25, 0.3) is 0 Å². The Labute approximate surface area is 81.7 Å². The fourth-order valence-corrected chi connectivity index (χ4v) is 1.25. The average Bonchev–Trinajstić information content (AvgIpc) is 2.59. The van der Waals surface area contributed by atoms with Crippen molar-refractivity contribution in [3.8, 4) is 0 Å². The van der Waals surface area contributed by atoms with E-state index in [-0.39, 0.29) is 11.7 Å². The lowest BCUT2D eigenvalue weighted by molar-refractivity contribution is -0.118. The Morgan fingerprint density at radius 3 is 2.79 bits per heavy atom. The van der Waals surface area contributed by atoms with Crippen molar-refractivity contribution >= 4 is 16.9 Å². The minimum atomic E-state index is -0.262. The van der Waals surface area contributed by atoms with Gasteiger partial charge in [0.05, 0.1) is 5.92 Å². The lowest BCUT2D eigenvalue weighted by atomic mass is 10.1. The molecule has 0 aliphatic rings. The zero-order valence-corrected chi connectivity index (χ0v) is 8.15. The highest BCUT2D eigenvalue weighted by molar-refractivity contribution is 5.83.